The largest absolute Gasteiger partial charge is 0.391 e. The van der Waals surface area contributed by atoms with Crippen LogP contribution in [0.2, 0.25) is 0 Å². The Morgan fingerprint density at radius 3 is 2.76 bits per heavy atom. The van der Waals surface area contributed by atoms with E-state index in [1.807, 2.05) is 12.1 Å². The number of hydrogen-bond donors (Lipinski definition) is 3. The van der Waals surface area contributed by atoms with E-state index in [1.54, 1.807) is 0 Å². The Bertz CT molecular complexity index is 378. The summed E-state index contributed by atoms with van der Waals surface area (Å²) < 4.78 is 0. The van der Waals surface area contributed by atoms with Crippen LogP contribution in [0.1, 0.15) is 31.0 Å². The summed E-state index contributed by atoms with van der Waals surface area (Å²) in [6.07, 6.45) is -0.413. The minimum atomic E-state index is -0.413. The Labute approximate surface area is 103 Å². The van der Waals surface area contributed by atoms with Gasteiger partial charge in [0.15, 0.2) is 0 Å². The smallest absolute Gasteiger partial charge is 0.0777 e. The van der Waals surface area contributed by atoms with Crippen LogP contribution in [-0.2, 0) is 6.54 Å². The number of nitrogens with two attached hydrogens (primary N) is 1. The molecule has 17 heavy (non-hydrogen) atoms. The van der Waals surface area contributed by atoms with Gasteiger partial charge in [-0.15, -0.1) is 0 Å². The third-order valence-corrected chi connectivity index (χ3v) is 3.81. The van der Waals surface area contributed by atoms with E-state index >= 15 is 0 Å². The van der Waals surface area contributed by atoms with Crippen molar-refractivity contribution in [3.05, 3.63) is 35.4 Å². The molecule has 0 saturated carbocycles. The van der Waals surface area contributed by atoms with Gasteiger partial charge in [0.25, 0.3) is 0 Å². The maximum atomic E-state index is 10.5. The number of aliphatic hydroxyl groups is 1. The number of hydrogen-bond acceptors (Lipinski definition) is 3. The fraction of sp³-hybridized carbons (Fsp3) is 0.571. The van der Waals surface area contributed by atoms with Crippen LogP contribution in [0, 0.1) is 11.8 Å². The molecule has 3 atom stereocenters. The van der Waals surface area contributed by atoms with Crippen molar-refractivity contribution in [2.75, 3.05) is 6.54 Å². The second kappa shape index (κ2) is 5.17. The highest BCUT2D eigenvalue weighted by atomic mass is 16.3. The number of rotatable bonds is 4. The average molecular weight is 234 g/mol. The third kappa shape index (κ3) is 2.37. The molecule has 0 fully saturated rings. The second-order valence-electron chi connectivity index (χ2n) is 5.19. The van der Waals surface area contributed by atoms with Crippen molar-refractivity contribution in [1.82, 2.24) is 5.32 Å². The molecule has 2 rings (SSSR count). The van der Waals surface area contributed by atoms with E-state index in [9.17, 15) is 5.11 Å². The van der Waals surface area contributed by atoms with Crippen LogP contribution >= 0.6 is 0 Å². The molecule has 3 heteroatoms. The molecule has 0 spiro atoms. The highest BCUT2D eigenvalue weighted by molar-refractivity contribution is 5.34. The van der Waals surface area contributed by atoms with Gasteiger partial charge in [0, 0.05) is 12.5 Å². The van der Waals surface area contributed by atoms with E-state index in [1.165, 1.54) is 11.1 Å². The lowest BCUT2D eigenvalue weighted by molar-refractivity contribution is 0.0534. The standard InChI is InChI=1S/C14H22N2O/c1-9(2)12(7-15)14(17)13-11-6-4-3-5-10(11)8-16-13/h3-6,9,12-14,16-17H,7-8,15H2,1-2H3. The van der Waals surface area contributed by atoms with Gasteiger partial charge in [0.05, 0.1) is 12.1 Å². The SMILES string of the molecule is CC(C)C(CN)C(O)C1NCc2ccccc21. The summed E-state index contributed by atoms with van der Waals surface area (Å²) in [7, 11) is 0. The van der Waals surface area contributed by atoms with Gasteiger partial charge >= 0.3 is 0 Å². The number of benzene rings is 1. The molecule has 0 aliphatic carbocycles. The highest BCUT2D eigenvalue weighted by Crippen LogP contribution is 2.32. The summed E-state index contributed by atoms with van der Waals surface area (Å²) >= 11 is 0. The molecule has 1 aliphatic heterocycles. The van der Waals surface area contributed by atoms with E-state index < -0.39 is 6.10 Å². The summed E-state index contributed by atoms with van der Waals surface area (Å²) in [5.41, 5.74) is 8.28. The Balaban J connectivity index is 2.19. The Hall–Kier alpha value is -0.900. The van der Waals surface area contributed by atoms with Gasteiger partial charge in [0.1, 0.15) is 0 Å². The predicted octanol–water partition coefficient (Wildman–Crippen LogP) is 1.42. The predicted molar refractivity (Wildman–Crippen MR) is 69.4 cm³/mol. The normalized spacial score (nSPS) is 22.5. The number of fused-ring (bicyclic) bond motifs is 1. The van der Waals surface area contributed by atoms with Gasteiger partial charge in [-0.2, -0.15) is 0 Å². The zero-order valence-corrected chi connectivity index (χ0v) is 10.6. The lowest BCUT2D eigenvalue weighted by atomic mass is 9.84. The number of aliphatic hydroxyl groups excluding tert-OH is 1. The molecule has 3 unspecified atom stereocenters. The first kappa shape index (κ1) is 12.6. The van der Waals surface area contributed by atoms with Crippen molar-refractivity contribution in [3.8, 4) is 0 Å². The van der Waals surface area contributed by atoms with Crippen LogP contribution in [0.25, 0.3) is 0 Å². The van der Waals surface area contributed by atoms with Gasteiger partial charge in [-0.3, -0.25) is 0 Å². The van der Waals surface area contributed by atoms with Gasteiger partial charge in [-0.25, -0.2) is 0 Å². The second-order valence-corrected chi connectivity index (χ2v) is 5.19. The van der Waals surface area contributed by atoms with Crippen LogP contribution in [0.5, 0.6) is 0 Å². The zero-order chi connectivity index (χ0) is 12.4. The van der Waals surface area contributed by atoms with Crippen LogP contribution in [-0.4, -0.2) is 17.8 Å². The molecular weight excluding hydrogens is 212 g/mol. The lowest BCUT2D eigenvalue weighted by Crippen LogP contribution is -2.39. The third-order valence-electron chi connectivity index (χ3n) is 3.81. The molecule has 1 aromatic rings. The average Bonchev–Trinajstić information content (AvgIpc) is 2.72. The first-order valence-electron chi connectivity index (χ1n) is 6.34. The van der Waals surface area contributed by atoms with E-state index in [0.29, 0.717) is 12.5 Å². The molecule has 3 nitrogen and oxygen atoms in total. The molecule has 1 heterocycles. The highest BCUT2D eigenvalue weighted by Gasteiger charge is 2.33. The minimum Gasteiger partial charge on any atom is -0.391 e. The Kier molecular flexibility index (Phi) is 3.82. The van der Waals surface area contributed by atoms with Crippen LogP contribution < -0.4 is 11.1 Å². The number of nitrogens with one attached hydrogen (secondary N) is 1. The first-order valence-corrected chi connectivity index (χ1v) is 6.34. The molecule has 0 radical (unpaired) electrons. The molecule has 0 amide bonds. The summed E-state index contributed by atoms with van der Waals surface area (Å²) in [6, 6.07) is 8.30. The molecule has 0 bridgehead atoms. The van der Waals surface area contributed by atoms with Crippen LogP contribution in [0.15, 0.2) is 24.3 Å². The molecule has 1 aromatic carbocycles. The molecular formula is C14H22N2O. The van der Waals surface area contributed by atoms with Gasteiger partial charge in [-0.1, -0.05) is 38.1 Å². The van der Waals surface area contributed by atoms with Crippen molar-refractivity contribution in [2.24, 2.45) is 17.6 Å². The summed E-state index contributed by atoms with van der Waals surface area (Å²) in [4.78, 5) is 0. The van der Waals surface area contributed by atoms with Gasteiger partial charge in [0.2, 0.25) is 0 Å². The van der Waals surface area contributed by atoms with Crippen molar-refractivity contribution in [3.63, 3.8) is 0 Å². The minimum absolute atomic E-state index is 0.0298. The maximum absolute atomic E-state index is 10.5. The monoisotopic (exact) mass is 234 g/mol. The quantitative estimate of drug-likeness (QED) is 0.738. The van der Waals surface area contributed by atoms with Crippen molar-refractivity contribution in [1.29, 1.82) is 0 Å². The molecule has 0 aromatic heterocycles. The molecule has 4 N–H and O–H groups in total. The Morgan fingerprint density at radius 1 is 1.41 bits per heavy atom. The fourth-order valence-corrected chi connectivity index (χ4v) is 2.69. The Morgan fingerprint density at radius 2 is 2.12 bits per heavy atom. The topological polar surface area (TPSA) is 58.3 Å². The van der Waals surface area contributed by atoms with Gasteiger partial charge in [-0.05, 0) is 23.6 Å². The van der Waals surface area contributed by atoms with Crippen LogP contribution in [0.4, 0.5) is 0 Å². The van der Waals surface area contributed by atoms with E-state index in [0.717, 1.165) is 6.54 Å². The van der Waals surface area contributed by atoms with Gasteiger partial charge < -0.3 is 16.2 Å². The van der Waals surface area contributed by atoms with E-state index in [4.69, 9.17) is 5.73 Å². The molecule has 94 valence electrons. The summed E-state index contributed by atoms with van der Waals surface area (Å²) in [5, 5.41) is 13.9. The lowest BCUT2D eigenvalue weighted by Gasteiger charge is -2.30. The summed E-state index contributed by atoms with van der Waals surface area (Å²) in [6.45, 7) is 5.59. The van der Waals surface area contributed by atoms with E-state index in [2.05, 4.69) is 31.3 Å². The van der Waals surface area contributed by atoms with Crippen molar-refractivity contribution < 1.29 is 5.11 Å². The zero-order valence-electron chi connectivity index (χ0n) is 10.6. The van der Waals surface area contributed by atoms with Crippen molar-refractivity contribution in [2.45, 2.75) is 32.5 Å². The molecule has 0 saturated heterocycles. The van der Waals surface area contributed by atoms with Crippen LogP contribution in [0.3, 0.4) is 0 Å². The van der Waals surface area contributed by atoms with E-state index in [-0.39, 0.29) is 12.0 Å². The maximum Gasteiger partial charge on any atom is 0.0777 e. The fourth-order valence-electron chi connectivity index (χ4n) is 2.69. The summed E-state index contributed by atoms with van der Waals surface area (Å²) in [5.74, 6) is 0.531. The van der Waals surface area contributed by atoms with Crippen molar-refractivity contribution >= 4 is 0 Å². The first-order chi connectivity index (χ1) is 8.15. The molecule has 1 aliphatic rings.